The predicted molar refractivity (Wildman–Crippen MR) is 57.2 cm³/mol. The molecule has 0 spiro atoms. The molecule has 0 aliphatic carbocycles. The molecule has 0 aliphatic heterocycles. The maximum absolute atomic E-state index is 11.4. The molecule has 1 unspecified atom stereocenters. The summed E-state index contributed by atoms with van der Waals surface area (Å²) in [4.78, 5) is 10.5. The monoisotopic (exact) mass is 228 g/mol. The summed E-state index contributed by atoms with van der Waals surface area (Å²) in [6, 6.07) is 2.90. The van der Waals surface area contributed by atoms with Crippen molar-refractivity contribution in [1.82, 2.24) is 0 Å². The van der Waals surface area contributed by atoms with Gasteiger partial charge < -0.3 is 9.52 Å². The zero-order valence-corrected chi connectivity index (χ0v) is 8.96. The number of carboxylic acids is 1. The van der Waals surface area contributed by atoms with Gasteiger partial charge in [-0.15, -0.1) is 6.58 Å². The molecule has 0 fully saturated rings. The molecule has 1 rings (SSSR count). The van der Waals surface area contributed by atoms with Crippen molar-refractivity contribution in [3.05, 3.63) is 36.3 Å². The highest BCUT2D eigenvalue weighted by atomic mass is 32.2. The van der Waals surface area contributed by atoms with E-state index in [4.69, 9.17) is 9.52 Å². The van der Waals surface area contributed by atoms with Crippen LogP contribution in [0.5, 0.6) is 0 Å². The summed E-state index contributed by atoms with van der Waals surface area (Å²) < 4.78 is 16.4. The zero-order valence-electron chi connectivity index (χ0n) is 8.14. The van der Waals surface area contributed by atoms with Crippen LogP contribution in [-0.4, -0.2) is 21.0 Å². The van der Waals surface area contributed by atoms with E-state index in [1.54, 1.807) is 6.08 Å². The van der Waals surface area contributed by atoms with Crippen LogP contribution in [0.4, 0.5) is 0 Å². The van der Waals surface area contributed by atoms with Gasteiger partial charge in [-0.3, -0.25) is 4.21 Å². The summed E-state index contributed by atoms with van der Waals surface area (Å²) in [5.41, 5.74) is 0. The Labute approximate surface area is 90.1 Å². The van der Waals surface area contributed by atoms with Gasteiger partial charge in [0.2, 0.25) is 5.76 Å². The standard InChI is InChI=1S/C10H12O4S/c1-2-3-6-15(13)7-8-4-5-9(14-8)10(11)12/h2,4-5H,1,3,6-7H2,(H,11,12). The second-order valence-electron chi connectivity index (χ2n) is 2.94. The molecular weight excluding hydrogens is 216 g/mol. The molecule has 5 heteroatoms. The van der Waals surface area contributed by atoms with Crippen LogP contribution in [0.1, 0.15) is 22.7 Å². The lowest BCUT2D eigenvalue weighted by Gasteiger charge is -1.96. The van der Waals surface area contributed by atoms with Gasteiger partial charge in [-0.05, 0) is 18.6 Å². The number of allylic oxidation sites excluding steroid dienone is 1. The van der Waals surface area contributed by atoms with Crippen LogP contribution in [0, 0.1) is 0 Å². The maximum atomic E-state index is 11.4. The lowest BCUT2D eigenvalue weighted by atomic mass is 10.4. The van der Waals surface area contributed by atoms with Crippen molar-refractivity contribution in [1.29, 1.82) is 0 Å². The van der Waals surface area contributed by atoms with E-state index in [0.717, 1.165) is 0 Å². The van der Waals surface area contributed by atoms with E-state index < -0.39 is 16.8 Å². The van der Waals surface area contributed by atoms with Gasteiger partial charge in [0, 0.05) is 16.6 Å². The van der Waals surface area contributed by atoms with Crippen LogP contribution in [0.3, 0.4) is 0 Å². The Morgan fingerprint density at radius 1 is 1.60 bits per heavy atom. The van der Waals surface area contributed by atoms with Gasteiger partial charge in [0.1, 0.15) is 5.76 Å². The van der Waals surface area contributed by atoms with Crippen LogP contribution < -0.4 is 0 Å². The number of hydrogen-bond donors (Lipinski definition) is 1. The number of furan rings is 1. The Morgan fingerprint density at radius 2 is 2.33 bits per heavy atom. The summed E-state index contributed by atoms with van der Waals surface area (Å²) in [5, 5.41) is 8.59. The predicted octanol–water partition coefficient (Wildman–Crippen LogP) is 1.80. The quantitative estimate of drug-likeness (QED) is 0.754. The van der Waals surface area contributed by atoms with E-state index in [9.17, 15) is 9.00 Å². The first kappa shape index (κ1) is 11.7. The molecule has 0 bridgehead atoms. The highest BCUT2D eigenvalue weighted by Crippen LogP contribution is 2.10. The topological polar surface area (TPSA) is 67.5 Å². The van der Waals surface area contributed by atoms with E-state index in [2.05, 4.69) is 6.58 Å². The fourth-order valence-corrected chi connectivity index (χ4v) is 2.06. The Hall–Kier alpha value is -1.36. The second-order valence-corrected chi connectivity index (χ2v) is 4.51. The van der Waals surface area contributed by atoms with E-state index in [1.165, 1.54) is 12.1 Å². The van der Waals surface area contributed by atoms with Gasteiger partial charge in [-0.2, -0.15) is 0 Å². The van der Waals surface area contributed by atoms with E-state index in [0.29, 0.717) is 17.9 Å². The minimum Gasteiger partial charge on any atom is -0.475 e. The van der Waals surface area contributed by atoms with Gasteiger partial charge >= 0.3 is 5.97 Å². The smallest absolute Gasteiger partial charge is 0.371 e. The average Bonchev–Trinajstić information content (AvgIpc) is 2.63. The van der Waals surface area contributed by atoms with Crippen molar-refractivity contribution >= 4 is 16.8 Å². The lowest BCUT2D eigenvalue weighted by Crippen LogP contribution is -1.99. The molecule has 0 aliphatic rings. The first-order chi connectivity index (χ1) is 7.13. The Morgan fingerprint density at radius 3 is 2.87 bits per heavy atom. The molecule has 0 saturated carbocycles. The number of carboxylic acid groups (broad SMARTS) is 1. The average molecular weight is 228 g/mol. The van der Waals surface area contributed by atoms with Gasteiger partial charge in [0.05, 0.1) is 5.75 Å². The van der Waals surface area contributed by atoms with Crippen LogP contribution in [-0.2, 0) is 16.6 Å². The normalized spacial score (nSPS) is 12.3. The molecule has 1 aromatic heterocycles. The third-order valence-electron chi connectivity index (χ3n) is 1.73. The minimum atomic E-state index is -1.11. The molecule has 0 amide bonds. The number of aromatic carboxylic acids is 1. The summed E-state index contributed by atoms with van der Waals surface area (Å²) >= 11 is 0. The number of carbonyl (C=O) groups is 1. The number of hydrogen-bond acceptors (Lipinski definition) is 3. The van der Waals surface area contributed by atoms with Crippen molar-refractivity contribution < 1.29 is 18.5 Å². The summed E-state index contributed by atoms with van der Waals surface area (Å²) in [7, 11) is -1.03. The van der Waals surface area contributed by atoms with Crippen LogP contribution in [0.2, 0.25) is 0 Å². The number of rotatable bonds is 6. The second kappa shape index (κ2) is 5.50. The first-order valence-electron chi connectivity index (χ1n) is 4.41. The molecule has 1 aromatic rings. The Balaban J connectivity index is 2.53. The minimum absolute atomic E-state index is 0.120. The highest BCUT2D eigenvalue weighted by Gasteiger charge is 2.10. The Bertz CT molecular complexity index is 381. The first-order valence-corrected chi connectivity index (χ1v) is 5.90. The van der Waals surface area contributed by atoms with Crippen LogP contribution in [0.15, 0.2) is 29.2 Å². The fourth-order valence-electron chi connectivity index (χ4n) is 1.02. The molecule has 82 valence electrons. The van der Waals surface area contributed by atoms with E-state index >= 15 is 0 Å². The molecule has 1 atom stereocenters. The molecule has 4 nitrogen and oxygen atoms in total. The SMILES string of the molecule is C=CCCS(=O)Cc1ccc(C(=O)O)o1. The van der Waals surface area contributed by atoms with Gasteiger partial charge in [0.25, 0.3) is 0 Å². The lowest BCUT2D eigenvalue weighted by molar-refractivity contribution is 0.0661. The zero-order chi connectivity index (χ0) is 11.3. The molecule has 15 heavy (non-hydrogen) atoms. The van der Waals surface area contributed by atoms with Gasteiger partial charge in [-0.1, -0.05) is 6.08 Å². The fraction of sp³-hybridized carbons (Fsp3) is 0.300. The molecule has 0 saturated heterocycles. The molecule has 0 radical (unpaired) electrons. The van der Waals surface area contributed by atoms with Crippen LogP contribution >= 0.6 is 0 Å². The third kappa shape index (κ3) is 3.71. The van der Waals surface area contributed by atoms with Crippen molar-refractivity contribution in [3.8, 4) is 0 Å². The van der Waals surface area contributed by atoms with Crippen molar-refractivity contribution in [2.24, 2.45) is 0 Å². The summed E-state index contributed by atoms with van der Waals surface area (Å²) in [6.07, 6.45) is 2.38. The maximum Gasteiger partial charge on any atom is 0.371 e. The van der Waals surface area contributed by atoms with Crippen molar-refractivity contribution in [2.45, 2.75) is 12.2 Å². The largest absolute Gasteiger partial charge is 0.475 e. The van der Waals surface area contributed by atoms with Crippen LogP contribution in [0.25, 0.3) is 0 Å². The molecule has 0 aromatic carbocycles. The highest BCUT2D eigenvalue weighted by molar-refractivity contribution is 7.84. The van der Waals surface area contributed by atoms with Gasteiger partial charge in [0.15, 0.2) is 0 Å². The van der Waals surface area contributed by atoms with E-state index in [1.807, 2.05) is 0 Å². The summed E-state index contributed by atoms with van der Waals surface area (Å²) in [5.74, 6) is -0.0214. The van der Waals surface area contributed by atoms with Gasteiger partial charge in [-0.25, -0.2) is 4.79 Å². The van der Waals surface area contributed by atoms with Crippen molar-refractivity contribution in [2.75, 3.05) is 5.75 Å². The molecule has 1 heterocycles. The van der Waals surface area contributed by atoms with E-state index in [-0.39, 0.29) is 11.5 Å². The molecule has 1 N–H and O–H groups in total. The van der Waals surface area contributed by atoms with Crippen molar-refractivity contribution in [3.63, 3.8) is 0 Å². The third-order valence-corrected chi connectivity index (χ3v) is 3.02. The summed E-state index contributed by atoms with van der Waals surface area (Å²) in [6.45, 7) is 3.53. The Kier molecular flexibility index (Phi) is 4.30. The molecular formula is C10H12O4S.